The van der Waals surface area contributed by atoms with Crippen molar-refractivity contribution in [3.63, 3.8) is 0 Å². The number of halogens is 4. The molecule has 3 aliphatic heterocycles. The van der Waals surface area contributed by atoms with E-state index in [1.807, 2.05) is 121 Å². The van der Waals surface area contributed by atoms with E-state index >= 15 is 0 Å². The van der Waals surface area contributed by atoms with Crippen LogP contribution in [0, 0.1) is 5.92 Å². The first-order valence-corrected chi connectivity index (χ1v) is 52.1. The van der Waals surface area contributed by atoms with E-state index in [-0.39, 0.29) is 119 Å². The van der Waals surface area contributed by atoms with Crippen molar-refractivity contribution >= 4 is 159 Å². The Balaban J connectivity index is 0.000000136. The minimum Gasteiger partial charge on any atom is -0.457 e. The van der Waals surface area contributed by atoms with Crippen LogP contribution in [-0.4, -0.2) is 238 Å². The fourth-order valence-electron chi connectivity index (χ4n) is 18.6. The zero-order valence-electron chi connectivity index (χ0n) is 82.2. The van der Waals surface area contributed by atoms with E-state index in [1.54, 1.807) is 128 Å². The number of carbonyl (C=O) groups excluding carboxylic acids is 6. The van der Waals surface area contributed by atoms with Gasteiger partial charge in [-0.15, -0.1) is 0 Å². The zero-order valence-corrected chi connectivity index (χ0v) is 86.0. The highest BCUT2D eigenvalue weighted by molar-refractivity contribution is 7.88. The predicted molar refractivity (Wildman–Crippen MR) is 572 cm³/mol. The Kier molecular flexibility index (Phi) is 34.1. The molecule has 41 heteroatoms. The average Bonchev–Trinajstić information content (AvgIpc) is 1.61. The molecule has 1 aliphatic carbocycles. The predicted octanol–water partition coefficient (Wildman–Crippen LogP) is 19.7. The number of likely N-dealkylation sites (tertiary alicyclic amines) is 2. The highest BCUT2D eigenvalue weighted by Gasteiger charge is 2.39. The number of H-pyrrole nitrogens is 4. The second-order valence-corrected chi connectivity index (χ2v) is 41.1. The molecule has 4 fully saturated rings. The van der Waals surface area contributed by atoms with Crippen LogP contribution in [0.4, 0.5) is 28.1 Å². The molecule has 3 saturated heterocycles. The second-order valence-electron chi connectivity index (χ2n) is 37.6. The number of aromatic nitrogens is 12. The van der Waals surface area contributed by atoms with Crippen molar-refractivity contribution in [3.8, 4) is 46.0 Å². The number of hydrogen-bond donors (Lipinski definition) is 12. The molecule has 36 nitrogen and oxygen atoms in total. The van der Waals surface area contributed by atoms with Gasteiger partial charge in [-0.1, -0.05) is 119 Å². The smallest absolute Gasteiger partial charge is 0.410 e. The molecular formula is C109H109Cl4N19O17S. The van der Waals surface area contributed by atoms with Gasteiger partial charge in [0.2, 0.25) is 15.9 Å². The number of anilines is 4. The van der Waals surface area contributed by atoms with Crippen LogP contribution in [0.25, 0.3) is 44.1 Å². The molecule has 0 spiro atoms. The standard InChI is InChI=1S/C30H32ClN5O5.C27H26ClN5O4.C26H26ClN5O5S.C26H25ClN4O3/c1-30(2,3)41-29(39)36-15-18(9-10-19(36)16-37)35-28-25-23(14-32-27(25)33-17-34-28)26(38)22-12-11-21(13-24(22)31)40-20-7-5-4-6-8-20;1-16(35)33-13-17(7-8-18(33)14-34)32-27-24-22(12-29-26(24)30-15-31-27)25(36)21-10-9-20(11-23(21)28)37-19-5-3-2-4-6-19;1-38(35,36)32-13-16(7-8-17(32)14-33)31-26-23-21(12-28-25(23)29-15-30-26)24(34)20-10-9-19(11-22(20)27)37-18-5-3-2-4-6-18;27-22-12-19(34-18-4-2-1-3-5-18)10-11-20(22)24(33)21-13-28-25-23(21)26(30-15-29-25)31-17-8-6-16(14-32)7-9-17/h4-8,11-14,17-19,37H,9-10,15-16H2,1-3H3,(H2,32,33,34,35);2-6,9-12,15,17-18,34H,7-8,13-14H2,1H3,(H2,29,30,31,32);2-6,9-12,15-17,33H,7-8,13-14H2,1H3,(H2,28,29,30,31);1-5,10-13,15-17,32H,6-9,14H2,(H2,28,29,30,31). The molecule has 2 amide bonds. The van der Waals surface area contributed by atoms with E-state index in [1.165, 1.54) is 36.5 Å². The van der Waals surface area contributed by atoms with Crippen molar-refractivity contribution in [1.29, 1.82) is 0 Å². The number of piperidine rings is 3. The van der Waals surface area contributed by atoms with Crippen LogP contribution < -0.4 is 40.2 Å². The number of benzene rings is 8. The van der Waals surface area contributed by atoms with Gasteiger partial charge in [0.25, 0.3) is 0 Å². The lowest BCUT2D eigenvalue weighted by Crippen LogP contribution is -2.53. The lowest BCUT2D eigenvalue weighted by molar-refractivity contribution is -0.133. The molecule has 11 heterocycles. The molecule has 6 atom stereocenters. The van der Waals surface area contributed by atoms with Crippen LogP contribution in [0.3, 0.4) is 0 Å². The lowest BCUT2D eigenvalue weighted by Gasteiger charge is -2.39. The first-order chi connectivity index (χ1) is 72.4. The highest BCUT2D eigenvalue weighted by atomic mass is 35.5. The number of carbonyl (C=O) groups is 6. The summed E-state index contributed by atoms with van der Waals surface area (Å²) in [5, 5.41) is 55.3. The van der Waals surface area contributed by atoms with Gasteiger partial charge in [-0.2, -0.15) is 4.31 Å². The number of ether oxygens (including phenoxy) is 5. The summed E-state index contributed by atoms with van der Waals surface area (Å²) in [6, 6.07) is 55.7. The Morgan fingerprint density at radius 1 is 0.353 bits per heavy atom. The maximum absolute atomic E-state index is 13.7. The quantitative estimate of drug-likeness (QED) is 0.0194. The molecule has 776 valence electrons. The SMILES string of the molecule is CC(=O)N1CC(Nc2ncnc3[nH]cc(C(=O)c4ccc(Oc5ccccc5)cc4Cl)c23)CCC1CO.CC(C)(C)OC(=O)N1CC(Nc2ncnc3[nH]cc(C(=O)c4ccc(Oc5ccccc5)cc4Cl)c23)CCC1CO.CS(=O)(=O)N1CC(Nc2ncnc3[nH]cc(C(=O)c4ccc(Oc5ccccc5)cc4Cl)c23)CCC1CO.O=C(c1ccc(Oc2ccccc2)cc1Cl)c1c[nH]c2ncnc(NC3CCC(CO)CC3)c12. The van der Waals surface area contributed by atoms with Crippen molar-refractivity contribution in [2.75, 3.05) is 73.6 Å². The monoisotopic (exact) mass is 2130 g/mol. The number of aromatic amines is 4. The van der Waals surface area contributed by atoms with E-state index in [0.29, 0.717) is 208 Å². The van der Waals surface area contributed by atoms with Gasteiger partial charge in [-0.25, -0.2) is 53.1 Å². The van der Waals surface area contributed by atoms with Gasteiger partial charge in [0.1, 0.15) is 123 Å². The third-order valence-corrected chi connectivity index (χ3v) is 28.7. The third-order valence-electron chi connectivity index (χ3n) is 26.1. The Morgan fingerprint density at radius 3 is 0.913 bits per heavy atom. The van der Waals surface area contributed by atoms with E-state index in [0.717, 1.165) is 38.4 Å². The molecule has 16 aromatic rings. The Hall–Kier alpha value is -15.0. The molecule has 0 bridgehead atoms. The van der Waals surface area contributed by atoms with Gasteiger partial charge in [0, 0.05) is 135 Å². The Labute approximate surface area is 882 Å². The minimum atomic E-state index is -3.51. The van der Waals surface area contributed by atoms with Crippen LogP contribution in [-0.2, 0) is 19.6 Å². The van der Waals surface area contributed by atoms with Crippen molar-refractivity contribution in [2.24, 2.45) is 5.92 Å². The minimum absolute atomic E-state index is 0.0730. The summed E-state index contributed by atoms with van der Waals surface area (Å²) in [5.74, 6) is 5.86. The van der Waals surface area contributed by atoms with Gasteiger partial charge in [0.05, 0.1) is 102 Å². The maximum atomic E-state index is 13.7. The number of fused-ring (bicyclic) bond motifs is 4. The van der Waals surface area contributed by atoms with Crippen LogP contribution in [0.1, 0.15) is 156 Å². The Bertz CT molecular complexity index is 7660. The molecule has 20 rings (SSSR count). The fourth-order valence-corrected chi connectivity index (χ4v) is 20.8. The topological polar surface area (TPSA) is 488 Å². The zero-order chi connectivity index (χ0) is 105. The fraction of sp³-hybridized carbons (Fsp3) is 0.284. The number of nitrogens with zero attached hydrogens (tertiary/aromatic N) is 11. The summed E-state index contributed by atoms with van der Waals surface area (Å²) in [6.07, 6.45) is 20.3. The van der Waals surface area contributed by atoms with Gasteiger partial charge >= 0.3 is 6.09 Å². The van der Waals surface area contributed by atoms with Crippen molar-refractivity contribution in [2.45, 2.75) is 140 Å². The number of aliphatic hydroxyl groups excluding tert-OH is 4. The summed E-state index contributed by atoms with van der Waals surface area (Å²) in [7, 11) is -3.51. The summed E-state index contributed by atoms with van der Waals surface area (Å²) in [6.45, 7) is 7.55. The molecular weight excluding hydrogens is 2020 g/mol. The summed E-state index contributed by atoms with van der Waals surface area (Å²) >= 11 is 26.1. The summed E-state index contributed by atoms with van der Waals surface area (Å²) in [4.78, 5) is 129. The van der Waals surface area contributed by atoms with Gasteiger partial charge in [-0.05, 0) is 188 Å². The van der Waals surface area contributed by atoms with E-state index < -0.39 is 27.8 Å². The number of amides is 2. The molecule has 8 aromatic carbocycles. The van der Waals surface area contributed by atoms with Crippen LogP contribution in [0.15, 0.2) is 244 Å². The molecule has 0 radical (unpaired) electrons. The van der Waals surface area contributed by atoms with Gasteiger partial charge in [0.15, 0.2) is 23.1 Å². The molecule has 8 aromatic heterocycles. The first-order valence-electron chi connectivity index (χ1n) is 48.7. The third kappa shape index (κ3) is 25.6. The molecule has 6 unspecified atom stereocenters. The number of aliphatic hydroxyl groups is 4. The van der Waals surface area contributed by atoms with Gasteiger partial charge in [-0.3, -0.25) is 24.0 Å². The number of rotatable bonds is 29. The second kappa shape index (κ2) is 48.1. The van der Waals surface area contributed by atoms with E-state index in [2.05, 4.69) is 81.1 Å². The highest BCUT2D eigenvalue weighted by Crippen LogP contribution is 2.41. The Morgan fingerprint density at radius 2 is 0.633 bits per heavy atom. The van der Waals surface area contributed by atoms with Crippen LogP contribution >= 0.6 is 46.4 Å². The van der Waals surface area contributed by atoms with Crippen molar-refractivity contribution in [1.82, 2.24) is 73.9 Å². The van der Waals surface area contributed by atoms with E-state index in [4.69, 9.17) is 70.1 Å². The number of sulfonamides is 1. The number of nitrogens with one attached hydrogen (secondary N) is 8. The summed E-state index contributed by atoms with van der Waals surface area (Å²) < 4.78 is 54.7. The first kappa shape index (κ1) is 106. The van der Waals surface area contributed by atoms with Crippen molar-refractivity contribution < 1.29 is 81.3 Å². The number of para-hydroxylation sites is 4. The van der Waals surface area contributed by atoms with Crippen LogP contribution in [0.2, 0.25) is 20.1 Å². The molecule has 1 saturated carbocycles. The normalized spacial score (nSPS) is 17.8. The molecule has 150 heavy (non-hydrogen) atoms. The van der Waals surface area contributed by atoms with Gasteiger partial charge < -0.3 is 95.1 Å². The number of hydrogen-bond acceptors (Lipinski definition) is 29. The van der Waals surface area contributed by atoms with E-state index in [9.17, 15) is 57.6 Å². The average molecular weight is 2130 g/mol. The number of ketones is 4. The van der Waals surface area contributed by atoms with Crippen LogP contribution in [0.5, 0.6) is 46.0 Å². The lowest BCUT2D eigenvalue weighted by atomic mass is 9.86. The van der Waals surface area contributed by atoms with Crippen molar-refractivity contribution in [3.05, 3.63) is 309 Å². The molecule has 12 N–H and O–H groups in total. The molecule has 4 aliphatic rings. The largest absolute Gasteiger partial charge is 0.457 e. The maximum Gasteiger partial charge on any atom is 0.410 e. The summed E-state index contributed by atoms with van der Waals surface area (Å²) in [5.41, 5.74) is 4.18.